The molecule has 2 aliphatic rings. The van der Waals surface area contributed by atoms with Crippen LogP contribution in [-0.4, -0.2) is 52.3 Å². The number of pyridine rings is 1. The van der Waals surface area contributed by atoms with Gasteiger partial charge in [0.05, 0.1) is 12.3 Å². The largest absolute Gasteiger partial charge is 0.357 e. The lowest BCUT2D eigenvalue weighted by atomic mass is 10.0. The molecular formula is C28H26F3N5S. The lowest BCUT2D eigenvalue weighted by Crippen LogP contribution is -2.39. The highest BCUT2D eigenvalue weighted by Gasteiger charge is 2.24. The number of benzene rings is 2. The molecule has 5 nitrogen and oxygen atoms in total. The Kier molecular flexibility index (Phi) is 7.60. The molecule has 0 amide bonds. The van der Waals surface area contributed by atoms with Gasteiger partial charge in [0, 0.05) is 60.2 Å². The van der Waals surface area contributed by atoms with Crippen molar-refractivity contribution in [3.8, 4) is 11.1 Å². The number of hydrogen-bond donors (Lipinski definition) is 0. The predicted molar refractivity (Wildman–Crippen MR) is 145 cm³/mol. The van der Waals surface area contributed by atoms with Crippen LogP contribution in [0.4, 0.5) is 18.9 Å². The number of rotatable bonds is 8. The van der Waals surface area contributed by atoms with Crippen molar-refractivity contribution in [1.29, 1.82) is 0 Å². The van der Waals surface area contributed by atoms with Gasteiger partial charge in [0.1, 0.15) is 17.3 Å². The molecule has 2 aliphatic heterocycles. The summed E-state index contributed by atoms with van der Waals surface area (Å²) in [5.41, 5.74) is 4.01. The van der Waals surface area contributed by atoms with Gasteiger partial charge < -0.3 is 9.80 Å². The second-order valence-electron chi connectivity index (χ2n) is 8.81. The Bertz CT molecular complexity index is 1320. The molecule has 0 N–H and O–H groups in total. The van der Waals surface area contributed by atoms with E-state index >= 15 is 4.39 Å². The monoisotopic (exact) mass is 521 g/mol. The van der Waals surface area contributed by atoms with Gasteiger partial charge in [0.15, 0.2) is 0 Å². The zero-order valence-electron chi connectivity index (χ0n) is 20.2. The Morgan fingerprint density at radius 2 is 1.62 bits per heavy atom. The molecule has 190 valence electrons. The van der Waals surface area contributed by atoms with Crippen molar-refractivity contribution < 1.29 is 13.2 Å². The van der Waals surface area contributed by atoms with Gasteiger partial charge in [-0.15, -0.1) is 0 Å². The van der Waals surface area contributed by atoms with Gasteiger partial charge in [0.2, 0.25) is 0 Å². The van der Waals surface area contributed by atoms with Crippen molar-refractivity contribution in [1.82, 2.24) is 9.88 Å². The normalized spacial score (nSPS) is 15.5. The Labute approximate surface area is 218 Å². The average Bonchev–Trinajstić information content (AvgIpc) is 3.44. The third-order valence-electron chi connectivity index (χ3n) is 6.49. The summed E-state index contributed by atoms with van der Waals surface area (Å²) in [6, 6.07) is 16.8. The molecule has 1 aromatic heterocycles. The highest BCUT2D eigenvalue weighted by atomic mass is 32.2. The number of hydrogen-bond acceptors (Lipinski definition) is 6. The van der Waals surface area contributed by atoms with Gasteiger partial charge in [-0.3, -0.25) is 4.98 Å². The predicted octanol–water partition coefficient (Wildman–Crippen LogP) is 6.23. The minimum atomic E-state index is -2.66. The van der Waals surface area contributed by atoms with Crippen molar-refractivity contribution in [2.45, 2.75) is 19.4 Å². The molecule has 5 rings (SSSR count). The number of alkyl halides is 2. The van der Waals surface area contributed by atoms with Crippen LogP contribution in [0.2, 0.25) is 0 Å². The fourth-order valence-corrected chi connectivity index (χ4v) is 5.28. The first kappa shape index (κ1) is 25.1. The first-order chi connectivity index (χ1) is 18.0. The molecule has 2 aromatic carbocycles. The maximum Gasteiger partial charge on any atom is 0.278 e. The number of thioether (sulfide) groups is 1. The molecule has 0 unspecified atom stereocenters. The van der Waals surface area contributed by atoms with Gasteiger partial charge in [0.25, 0.3) is 6.43 Å². The van der Waals surface area contributed by atoms with Gasteiger partial charge in [-0.05, 0) is 41.5 Å². The van der Waals surface area contributed by atoms with Gasteiger partial charge in [-0.25, -0.2) is 13.2 Å². The summed E-state index contributed by atoms with van der Waals surface area (Å²) < 4.78 is 41.2. The maximum atomic E-state index is 15.3. The fourth-order valence-electron chi connectivity index (χ4n) is 4.37. The average molecular weight is 522 g/mol. The second-order valence-corrected chi connectivity index (χ2v) is 10.0. The van der Waals surface area contributed by atoms with Crippen LogP contribution >= 0.6 is 11.8 Å². The minimum Gasteiger partial charge on any atom is -0.357 e. The van der Waals surface area contributed by atoms with Crippen LogP contribution < -0.4 is 4.90 Å². The quantitative estimate of drug-likeness (QED) is 0.353. The van der Waals surface area contributed by atoms with Crippen molar-refractivity contribution in [3.63, 3.8) is 0 Å². The summed E-state index contributed by atoms with van der Waals surface area (Å²) in [6.07, 6.45) is 0.782. The lowest BCUT2D eigenvalue weighted by molar-refractivity contribution is 0.224. The molecule has 0 bridgehead atoms. The van der Waals surface area contributed by atoms with E-state index in [0.29, 0.717) is 16.8 Å². The number of aromatic nitrogens is 1. The molecule has 37 heavy (non-hydrogen) atoms. The third-order valence-corrected chi connectivity index (χ3v) is 7.44. The van der Waals surface area contributed by atoms with Gasteiger partial charge in [-0.1, -0.05) is 30.8 Å². The smallest absolute Gasteiger partial charge is 0.278 e. The zero-order valence-corrected chi connectivity index (χ0v) is 21.0. The van der Waals surface area contributed by atoms with Crippen LogP contribution in [0.3, 0.4) is 0 Å². The number of nitrogens with zero attached hydrogens (tertiary/aromatic N) is 5. The van der Waals surface area contributed by atoms with E-state index in [0.717, 1.165) is 47.2 Å². The topological polar surface area (TPSA) is 44.1 Å². The molecule has 0 atom stereocenters. The SMILES string of the molecule is C=C(N1CCSCC1)N(Cc1ccc(C2=NN=C(C(F)F)C2)cc1F)c1ccc(-c2ccncc2)cc1. The molecule has 0 saturated carbocycles. The van der Waals surface area contributed by atoms with Crippen LogP contribution in [0.5, 0.6) is 0 Å². The van der Waals surface area contributed by atoms with E-state index in [1.54, 1.807) is 24.5 Å². The summed E-state index contributed by atoms with van der Waals surface area (Å²) in [4.78, 5) is 8.34. The Balaban J connectivity index is 1.40. The number of halogens is 3. The van der Waals surface area contributed by atoms with E-state index in [9.17, 15) is 8.78 Å². The van der Waals surface area contributed by atoms with Crippen molar-refractivity contribution in [3.05, 3.63) is 96.3 Å². The van der Waals surface area contributed by atoms with E-state index in [-0.39, 0.29) is 18.7 Å². The first-order valence-electron chi connectivity index (χ1n) is 12.0. The highest BCUT2D eigenvalue weighted by molar-refractivity contribution is 7.99. The molecule has 9 heteroatoms. The maximum absolute atomic E-state index is 15.3. The lowest BCUT2D eigenvalue weighted by Gasteiger charge is -2.37. The molecule has 0 spiro atoms. The van der Waals surface area contributed by atoms with Crippen LogP contribution in [0.15, 0.2) is 89.6 Å². The molecule has 0 radical (unpaired) electrons. The standard InChI is InChI=1S/C28H26F3N5S/c1-19(35-12-14-37-15-13-35)36(24-6-4-20(5-7-24)21-8-10-32-11-9-21)18-23-3-2-22(16-25(23)29)26-17-27(28(30)31)34-33-26/h2-11,16,28H,1,12-15,17-18H2. The van der Waals surface area contributed by atoms with Crippen molar-refractivity contribution in [2.24, 2.45) is 10.2 Å². The Morgan fingerprint density at radius 1 is 0.946 bits per heavy atom. The van der Waals surface area contributed by atoms with Crippen LogP contribution in [-0.2, 0) is 6.54 Å². The van der Waals surface area contributed by atoms with Crippen molar-refractivity contribution in [2.75, 3.05) is 29.5 Å². The Morgan fingerprint density at radius 3 is 2.27 bits per heavy atom. The van der Waals surface area contributed by atoms with E-state index in [2.05, 4.69) is 26.7 Å². The summed E-state index contributed by atoms with van der Waals surface area (Å²) in [6.45, 7) is 6.40. The van der Waals surface area contributed by atoms with E-state index in [1.165, 1.54) is 6.07 Å². The molecule has 1 fully saturated rings. The van der Waals surface area contributed by atoms with Crippen molar-refractivity contribution >= 4 is 28.9 Å². The molecule has 3 heterocycles. The molecule has 0 aliphatic carbocycles. The third kappa shape index (κ3) is 5.72. The van der Waals surface area contributed by atoms with E-state index < -0.39 is 12.2 Å². The summed E-state index contributed by atoms with van der Waals surface area (Å²) in [5, 5.41) is 7.37. The minimum absolute atomic E-state index is 0.0732. The first-order valence-corrected chi connectivity index (χ1v) is 13.1. The van der Waals surface area contributed by atoms with Crippen LogP contribution in [0, 0.1) is 5.82 Å². The van der Waals surface area contributed by atoms with Gasteiger partial charge in [-0.2, -0.15) is 22.0 Å². The highest BCUT2D eigenvalue weighted by Crippen LogP contribution is 2.29. The van der Waals surface area contributed by atoms with E-state index in [4.69, 9.17) is 0 Å². The second kappa shape index (κ2) is 11.2. The fraction of sp³-hybridized carbons (Fsp3) is 0.250. The zero-order chi connectivity index (χ0) is 25.8. The van der Waals surface area contributed by atoms with Crippen LogP contribution in [0.25, 0.3) is 11.1 Å². The number of anilines is 1. The summed E-state index contributed by atoms with van der Waals surface area (Å²) in [5.74, 6) is 2.42. The van der Waals surface area contributed by atoms with Gasteiger partial charge >= 0.3 is 0 Å². The van der Waals surface area contributed by atoms with Crippen LogP contribution in [0.1, 0.15) is 17.5 Å². The Hall–Kier alpha value is -3.59. The summed E-state index contributed by atoms with van der Waals surface area (Å²) >= 11 is 1.91. The molecule has 1 saturated heterocycles. The summed E-state index contributed by atoms with van der Waals surface area (Å²) in [7, 11) is 0. The molecular weight excluding hydrogens is 495 g/mol. The van der Waals surface area contributed by atoms with E-state index in [1.807, 2.05) is 53.1 Å². The molecule has 3 aromatic rings.